The minimum absolute atomic E-state index is 0.183. The van der Waals surface area contributed by atoms with Crippen molar-refractivity contribution in [3.63, 3.8) is 0 Å². The average molecular weight is 305 g/mol. The van der Waals surface area contributed by atoms with Crippen LogP contribution in [0.1, 0.15) is 6.42 Å². The number of allylic oxidation sites excluding steroid dienone is 1. The lowest BCUT2D eigenvalue weighted by Crippen LogP contribution is -2.02. The molecule has 1 aromatic heterocycles. The molecule has 0 aliphatic rings. The van der Waals surface area contributed by atoms with Gasteiger partial charge in [-0.3, -0.25) is 4.57 Å². The summed E-state index contributed by atoms with van der Waals surface area (Å²) in [6.07, 6.45) is 2.55. The van der Waals surface area contributed by atoms with Crippen LogP contribution in [0.5, 0.6) is 5.75 Å². The van der Waals surface area contributed by atoms with Crippen LogP contribution in [0.15, 0.2) is 42.1 Å². The van der Waals surface area contributed by atoms with E-state index in [1.165, 1.54) is 0 Å². The van der Waals surface area contributed by atoms with E-state index in [0.717, 1.165) is 34.5 Å². The summed E-state index contributed by atoms with van der Waals surface area (Å²) in [5.41, 5.74) is 0.906. The monoisotopic (exact) mass is 305 g/mol. The second kappa shape index (κ2) is 7.85. The van der Waals surface area contributed by atoms with Crippen molar-refractivity contribution in [1.29, 1.82) is 0 Å². The van der Waals surface area contributed by atoms with Crippen molar-refractivity contribution < 1.29 is 9.84 Å². The summed E-state index contributed by atoms with van der Waals surface area (Å²) in [7, 11) is 1.64. The number of aliphatic hydroxyl groups is 1. The molecule has 0 aliphatic heterocycles. The smallest absolute Gasteiger partial charge is 0.191 e. The van der Waals surface area contributed by atoms with Crippen molar-refractivity contribution in [2.45, 2.75) is 18.1 Å². The van der Waals surface area contributed by atoms with E-state index in [1.54, 1.807) is 18.9 Å². The van der Waals surface area contributed by atoms with Crippen LogP contribution in [0.25, 0.3) is 11.4 Å². The molecule has 0 aliphatic carbocycles. The van der Waals surface area contributed by atoms with Crippen molar-refractivity contribution in [3.8, 4) is 17.1 Å². The number of hydrogen-bond donors (Lipinski definition) is 1. The quantitative estimate of drug-likeness (QED) is 0.461. The number of ether oxygens (including phenoxy) is 1. The van der Waals surface area contributed by atoms with Gasteiger partial charge in [-0.2, -0.15) is 0 Å². The van der Waals surface area contributed by atoms with Crippen LogP contribution >= 0.6 is 11.8 Å². The third-order valence-electron chi connectivity index (χ3n) is 2.91. The predicted molar refractivity (Wildman–Crippen MR) is 84.6 cm³/mol. The van der Waals surface area contributed by atoms with Crippen LogP contribution in [-0.2, 0) is 6.54 Å². The summed E-state index contributed by atoms with van der Waals surface area (Å²) < 4.78 is 7.40. The second-order valence-corrected chi connectivity index (χ2v) is 5.39. The van der Waals surface area contributed by atoms with Crippen LogP contribution < -0.4 is 4.74 Å². The average Bonchev–Trinajstić information content (AvgIpc) is 2.91. The summed E-state index contributed by atoms with van der Waals surface area (Å²) in [5, 5.41) is 18.2. The fourth-order valence-corrected chi connectivity index (χ4v) is 2.82. The maximum Gasteiger partial charge on any atom is 0.191 e. The van der Waals surface area contributed by atoms with E-state index in [9.17, 15) is 0 Å². The Morgan fingerprint density at radius 1 is 1.38 bits per heavy atom. The summed E-state index contributed by atoms with van der Waals surface area (Å²) in [5.74, 6) is 2.33. The number of benzene rings is 1. The Bertz CT molecular complexity index is 598. The van der Waals surface area contributed by atoms with Crippen molar-refractivity contribution in [2.75, 3.05) is 19.5 Å². The molecule has 0 radical (unpaired) electrons. The Hall–Kier alpha value is -1.79. The van der Waals surface area contributed by atoms with Gasteiger partial charge in [-0.05, 0) is 18.6 Å². The molecule has 6 heteroatoms. The fourth-order valence-electron chi connectivity index (χ4n) is 1.95. The Labute approximate surface area is 128 Å². The van der Waals surface area contributed by atoms with Crippen molar-refractivity contribution in [1.82, 2.24) is 14.8 Å². The van der Waals surface area contributed by atoms with Crippen LogP contribution in [0.4, 0.5) is 0 Å². The molecule has 0 bridgehead atoms. The SMILES string of the molecule is C=CCn1c(SCCCO)nnc1-c1ccccc1OC. The molecular formula is C15H19N3O2S. The number of para-hydroxylation sites is 1. The van der Waals surface area contributed by atoms with Gasteiger partial charge in [-0.1, -0.05) is 30.0 Å². The third kappa shape index (κ3) is 3.65. The zero-order chi connectivity index (χ0) is 15.1. The molecule has 0 saturated carbocycles. The highest BCUT2D eigenvalue weighted by Gasteiger charge is 2.16. The molecular weight excluding hydrogens is 286 g/mol. The van der Waals surface area contributed by atoms with Gasteiger partial charge in [-0.15, -0.1) is 16.8 Å². The summed E-state index contributed by atoms with van der Waals surface area (Å²) >= 11 is 1.58. The molecule has 112 valence electrons. The standard InChI is InChI=1S/C15H19N3O2S/c1-3-9-18-14(12-7-4-5-8-13(12)20-2)16-17-15(18)21-11-6-10-19/h3-5,7-8,19H,1,6,9-11H2,2H3. The van der Waals surface area contributed by atoms with E-state index in [-0.39, 0.29) is 6.61 Å². The van der Waals surface area contributed by atoms with Gasteiger partial charge >= 0.3 is 0 Å². The van der Waals surface area contributed by atoms with Gasteiger partial charge in [0, 0.05) is 18.9 Å². The molecule has 0 atom stereocenters. The summed E-state index contributed by atoms with van der Waals surface area (Å²) in [6, 6.07) is 7.74. The lowest BCUT2D eigenvalue weighted by atomic mass is 10.2. The number of aromatic nitrogens is 3. The highest BCUT2D eigenvalue weighted by Crippen LogP contribution is 2.30. The first-order valence-corrected chi connectivity index (χ1v) is 7.71. The van der Waals surface area contributed by atoms with E-state index in [0.29, 0.717) is 6.54 Å². The summed E-state index contributed by atoms with van der Waals surface area (Å²) in [4.78, 5) is 0. The molecule has 1 N–H and O–H groups in total. The van der Waals surface area contributed by atoms with Crippen LogP contribution in [0.2, 0.25) is 0 Å². The molecule has 0 spiro atoms. The molecule has 2 rings (SSSR count). The largest absolute Gasteiger partial charge is 0.496 e. The van der Waals surface area contributed by atoms with E-state index < -0.39 is 0 Å². The molecule has 0 fully saturated rings. The molecule has 5 nitrogen and oxygen atoms in total. The van der Waals surface area contributed by atoms with Gasteiger partial charge in [-0.25, -0.2) is 0 Å². The summed E-state index contributed by atoms with van der Waals surface area (Å²) in [6.45, 7) is 4.60. The Balaban J connectivity index is 2.36. The number of thioether (sulfide) groups is 1. The zero-order valence-electron chi connectivity index (χ0n) is 12.0. The molecule has 0 amide bonds. The molecule has 0 unspecified atom stereocenters. The highest BCUT2D eigenvalue weighted by atomic mass is 32.2. The van der Waals surface area contributed by atoms with E-state index in [2.05, 4.69) is 16.8 Å². The van der Waals surface area contributed by atoms with Gasteiger partial charge in [0.2, 0.25) is 0 Å². The molecule has 2 aromatic rings. The van der Waals surface area contributed by atoms with E-state index in [1.807, 2.05) is 34.9 Å². The number of methoxy groups -OCH3 is 1. The van der Waals surface area contributed by atoms with Gasteiger partial charge in [0.05, 0.1) is 12.7 Å². The van der Waals surface area contributed by atoms with Crippen LogP contribution in [0, 0.1) is 0 Å². The maximum atomic E-state index is 8.88. The van der Waals surface area contributed by atoms with E-state index >= 15 is 0 Å². The fraction of sp³-hybridized carbons (Fsp3) is 0.333. The van der Waals surface area contributed by atoms with Crippen LogP contribution in [0.3, 0.4) is 0 Å². The lowest BCUT2D eigenvalue weighted by molar-refractivity contribution is 0.296. The molecule has 21 heavy (non-hydrogen) atoms. The normalized spacial score (nSPS) is 10.6. The number of rotatable bonds is 8. The topological polar surface area (TPSA) is 60.2 Å². The zero-order valence-corrected chi connectivity index (χ0v) is 12.8. The van der Waals surface area contributed by atoms with Crippen LogP contribution in [-0.4, -0.2) is 39.3 Å². The molecule has 1 heterocycles. The minimum atomic E-state index is 0.183. The number of hydrogen-bond acceptors (Lipinski definition) is 5. The van der Waals surface area contributed by atoms with Crippen molar-refractivity contribution >= 4 is 11.8 Å². The molecule has 1 aromatic carbocycles. The Morgan fingerprint density at radius 3 is 2.90 bits per heavy atom. The third-order valence-corrected chi connectivity index (χ3v) is 3.96. The van der Waals surface area contributed by atoms with Gasteiger partial charge < -0.3 is 9.84 Å². The number of nitrogens with zero attached hydrogens (tertiary/aromatic N) is 3. The van der Waals surface area contributed by atoms with E-state index in [4.69, 9.17) is 9.84 Å². The number of aliphatic hydroxyl groups excluding tert-OH is 1. The van der Waals surface area contributed by atoms with Gasteiger partial charge in [0.1, 0.15) is 5.75 Å². The highest BCUT2D eigenvalue weighted by molar-refractivity contribution is 7.99. The predicted octanol–water partition coefficient (Wildman–Crippen LogP) is 2.61. The van der Waals surface area contributed by atoms with Crippen molar-refractivity contribution in [3.05, 3.63) is 36.9 Å². The molecule has 0 saturated heterocycles. The second-order valence-electron chi connectivity index (χ2n) is 4.33. The first-order valence-electron chi connectivity index (χ1n) is 6.73. The van der Waals surface area contributed by atoms with Crippen molar-refractivity contribution in [2.24, 2.45) is 0 Å². The lowest BCUT2D eigenvalue weighted by Gasteiger charge is -2.10. The Morgan fingerprint density at radius 2 is 2.19 bits per heavy atom. The first kappa shape index (κ1) is 15.6. The Kier molecular flexibility index (Phi) is 5.83. The van der Waals surface area contributed by atoms with Gasteiger partial charge in [0.15, 0.2) is 11.0 Å². The first-order chi connectivity index (χ1) is 10.3. The minimum Gasteiger partial charge on any atom is -0.496 e. The maximum absolute atomic E-state index is 8.88. The van der Waals surface area contributed by atoms with Gasteiger partial charge in [0.25, 0.3) is 0 Å².